The van der Waals surface area contributed by atoms with E-state index in [9.17, 15) is 8.42 Å². The zero-order valence-electron chi connectivity index (χ0n) is 11.0. The molecule has 20 heavy (non-hydrogen) atoms. The van der Waals surface area contributed by atoms with E-state index in [0.717, 1.165) is 38.8 Å². The quantitative estimate of drug-likeness (QED) is 0.903. The lowest BCUT2D eigenvalue weighted by Gasteiger charge is -2.32. The van der Waals surface area contributed by atoms with E-state index < -0.39 is 10.0 Å². The van der Waals surface area contributed by atoms with E-state index in [-0.39, 0.29) is 11.3 Å². The highest BCUT2D eigenvalue weighted by Crippen LogP contribution is 2.28. The molecule has 3 rings (SSSR count). The van der Waals surface area contributed by atoms with Crippen LogP contribution >= 0.6 is 11.6 Å². The van der Waals surface area contributed by atoms with Gasteiger partial charge in [-0.05, 0) is 25.7 Å². The Balaban J connectivity index is 1.55. The van der Waals surface area contributed by atoms with Crippen LogP contribution in [0.4, 0.5) is 5.95 Å². The molecule has 110 valence electrons. The normalized spacial score (nSPS) is 21.1. The second-order valence-electron chi connectivity index (χ2n) is 5.32. The van der Waals surface area contributed by atoms with Crippen molar-refractivity contribution < 1.29 is 8.42 Å². The molecule has 1 aromatic heterocycles. The van der Waals surface area contributed by atoms with Gasteiger partial charge in [0, 0.05) is 19.1 Å². The number of rotatable bonds is 4. The Morgan fingerprint density at radius 1 is 1.15 bits per heavy atom. The van der Waals surface area contributed by atoms with E-state index in [1.165, 1.54) is 0 Å². The summed E-state index contributed by atoms with van der Waals surface area (Å²) in [5, 5.41) is 0.362. The minimum Gasteiger partial charge on any atom is -0.341 e. The Morgan fingerprint density at radius 3 is 2.30 bits per heavy atom. The summed E-state index contributed by atoms with van der Waals surface area (Å²) in [6, 6.07) is 0.0316. The third-order valence-corrected chi connectivity index (χ3v) is 5.88. The molecule has 1 N–H and O–H groups in total. The zero-order valence-corrected chi connectivity index (χ0v) is 12.6. The van der Waals surface area contributed by atoms with Crippen LogP contribution in [0.25, 0.3) is 0 Å². The molecule has 2 fully saturated rings. The second-order valence-corrected chi connectivity index (χ2v) is 7.75. The summed E-state index contributed by atoms with van der Waals surface area (Å²) in [7, 11) is -3.09. The Labute approximate surface area is 123 Å². The van der Waals surface area contributed by atoms with Crippen molar-refractivity contribution in [3.05, 3.63) is 17.4 Å². The molecule has 0 amide bonds. The molecule has 2 heterocycles. The lowest BCUT2D eigenvalue weighted by atomic mass is 10.1. The van der Waals surface area contributed by atoms with Gasteiger partial charge in [0.2, 0.25) is 16.0 Å². The van der Waals surface area contributed by atoms with Crippen molar-refractivity contribution in [3.63, 3.8) is 0 Å². The van der Waals surface area contributed by atoms with Crippen molar-refractivity contribution in [2.75, 3.05) is 18.0 Å². The fourth-order valence-corrected chi connectivity index (χ4v) is 4.12. The number of nitrogens with zero attached hydrogens (tertiary/aromatic N) is 3. The van der Waals surface area contributed by atoms with Gasteiger partial charge in [-0.3, -0.25) is 0 Å². The van der Waals surface area contributed by atoms with Gasteiger partial charge < -0.3 is 4.90 Å². The first-order valence-corrected chi connectivity index (χ1v) is 8.71. The van der Waals surface area contributed by atoms with Crippen molar-refractivity contribution in [1.29, 1.82) is 0 Å². The van der Waals surface area contributed by atoms with Crippen molar-refractivity contribution >= 4 is 27.6 Å². The fraction of sp³-hybridized carbons (Fsp3) is 0.667. The number of aromatic nitrogens is 2. The molecule has 1 saturated heterocycles. The van der Waals surface area contributed by atoms with E-state index in [1.807, 2.05) is 0 Å². The van der Waals surface area contributed by atoms with Gasteiger partial charge in [0.1, 0.15) is 0 Å². The molecular formula is C12H17ClN4O2S. The maximum atomic E-state index is 11.9. The fourth-order valence-electron chi connectivity index (χ4n) is 2.37. The number of nitrogens with one attached hydrogen (secondary N) is 1. The molecule has 0 radical (unpaired) electrons. The summed E-state index contributed by atoms with van der Waals surface area (Å²) in [5.41, 5.74) is 0. The largest absolute Gasteiger partial charge is 0.341 e. The molecule has 1 aliphatic heterocycles. The molecule has 0 spiro atoms. The monoisotopic (exact) mass is 316 g/mol. The smallest absolute Gasteiger partial charge is 0.225 e. The van der Waals surface area contributed by atoms with Gasteiger partial charge in [0.25, 0.3) is 0 Å². The molecule has 1 aromatic rings. The van der Waals surface area contributed by atoms with Crippen LogP contribution in [-0.2, 0) is 10.0 Å². The Kier molecular flexibility index (Phi) is 3.83. The van der Waals surface area contributed by atoms with Crippen LogP contribution in [0.5, 0.6) is 0 Å². The summed E-state index contributed by atoms with van der Waals surface area (Å²) in [5.74, 6) is 0.651. The molecule has 0 bridgehead atoms. The third-order valence-electron chi connectivity index (χ3n) is 3.68. The van der Waals surface area contributed by atoms with Crippen LogP contribution < -0.4 is 9.62 Å². The topological polar surface area (TPSA) is 75.2 Å². The summed E-state index contributed by atoms with van der Waals surface area (Å²) >= 11 is 5.76. The first kappa shape index (κ1) is 14.0. The maximum absolute atomic E-state index is 11.9. The van der Waals surface area contributed by atoms with Gasteiger partial charge in [0.15, 0.2) is 0 Å². The summed E-state index contributed by atoms with van der Waals surface area (Å²) in [4.78, 5) is 10.4. The predicted molar refractivity (Wildman–Crippen MR) is 77.4 cm³/mol. The van der Waals surface area contributed by atoms with Gasteiger partial charge in [-0.15, -0.1) is 0 Å². The lowest BCUT2D eigenvalue weighted by Crippen LogP contribution is -2.46. The molecule has 1 saturated carbocycles. The van der Waals surface area contributed by atoms with E-state index in [2.05, 4.69) is 19.6 Å². The van der Waals surface area contributed by atoms with Crippen molar-refractivity contribution in [3.8, 4) is 0 Å². The summed E-state index contributed by atoms with van der Waals surface area (Å²) in [6.45, 7) is 1.50. The summed E-state index contributed by atoms with van der Waals surface area (Å²) in [6.07, 6.45) is 6.30. The second kappa shape index (κ2) is 5.46. The molecule has 0 unspecified atom stereocenters. The van der Waals surface area contributed by atoms with Crippen molar-refractivity contribution in [2.45, 2.75) is 37.0 Å². The van der Waals surface area contributed by atoms with Gasteiger partial charge in [0.05, 0.1) is 22.7 Å². The minimum absolute atomic E-state index is 0.0316. The van der Waals surface area contributed by atoms with Gasteiger partial charge in [-0.1, -0.05) is 11.6 Å². The molecular weight excluding hydrogens is 300 g/mol. The van der Waals surface area contributed by atoms with Gasteiger partial charge in [-0.2, -0.15) is 0 Å². The lowest BCUT2D eigenvalue weighted by molar-refractivity contribution is 0.456. The van der Waals surface area contributed by atoms with E-state index in [0.29, 0.717) is 11.0 Å². The van der Waals surface area contributed by atoms with E-state index >= 15 is 0 Å². The van der Waals surface area contributed by atoms with Gasteiger partial charge >= 0.3 is 0 Å². The number of halogens is 1. The molecule has 0 aromatic carbocycles. The molecule has 0 atom stereocenters. The van der Waals surface area contributed by atoms with Crippen molar-refractivity contribution in [1.82, 2.24) is 14.7 Å². The molecule has 6 nitrogen and oxygen atoms in total. The highest BCUT2D eigenvalue weighted by Gasteiger charge is 2.37. The Bertz CT molecular complexity index is 566. The van der Waals surface area contributed by atoms with Crippen LogP contribution in [0.2, 0.25) is 5.02 Å². The SMILES string of the molecule is O=S(=O)(NC1CCN(c2ncc(Cl)cn2)CC1)C1CC1. The Hall–Kier alpha value is -0.920. The average Bonchev–Trinajstić information content (AvgIpc) is 3.25. The van der Waals surface area contributed by atoms with Crippen LogP contribution in [0, 0.1) is 0 Å². The predicted octanol–water partition coefficient (Wildman–Crippen LogP) is 1.18. The van der Waals surface area contributed by atoms with Crippen LogP contribution in [-0.4, -0.2) is 42.8 Å². The first-order chi connectivity index (χ1) is 9.54. The summed E-state index contributed by atoms with van der Waals surface area (Å²) < 4.78 is 26.6. The van der Waals surface area contributed by atoms with E-state index in [4.69, 9.17) is 11.6 Å². The highest BCUT2D eigenvalue weighted by atomic mass is 35.5. The maximum Gasteiger partial charge on any atom is 0.225 e. The number of piperidine rings is 1. The number of hydrogen-bond donors (Lipinski definition) is 1. The minimum atomic E-state index is -3.09. The molecule has 2 aliphatic rings. The van der Waals surface area contributed by atoms with Crippen molar-refractivity contribution in [2.24, 2.45) is 0 Å². The van der Waals surface area contributed by atoms with Gasteiger partial charge in [-0.25, -0.2) is 23.1 Å². The van der Waals surface area contributed by atoms with Crippen LogP contribution in [0.1, 0.15) is 25.7 Å². The van der Waals surface area contributed by atoms with Crippen LogP contribution in [0.3, 0.4) is 0 Å². The Morgan fingerprint density at radius 2 is 1.75 bits per heavy atom. The zero-order chi connectivity index (χ0) is 14.2. The number of sulfonamides is 1. The molecule has 1 aliphatic carbocycles. The third kappa shape index (κ3) is 3.21. The first-order valence-electron chi connectivity index (χ1n) is 6.78. The average molecular weight is 317 g/mol. The molecule has 8 heteroatoms. The van der Waals surface area contributed by atoms with Crippen LogP contribution in [0.15, 0.2) is 12.4 Å². The standard InChI is InChI=1S/C12H17ClN4O2S/c13-9-7-14-12(15-8-9)17-5-3-10(4-6-17)16-20(18,19)11-1-2-11/h7-8,10-11,16H,1-6H2. The van der Waals surface area contributed by atoms with E-state index in [1.54, 1.807) is 12.4 Å². The highest BCUT2D eigenvalue weighted by molar-refractivity contribution is 7.90. The number of hydrogen-bond acceptors (Lipinski definition) is 5. The number of anilines is 1.